The van der Waals surface area contributed by atoms with Crippen LogP contribution in [0, 0.1) is 0 Å². The van der Waals surface area contributed by atoms with Crippen LogP contribution < -0.4 is 11.1 Å². The van der Waals surface area contributed by atoms with Crippen molar-refractivity contribution in [2.75, 3.05) is 5.32 Å². The van der Waals surface area contributed by atoms with Gasteiger partial charge in [0, 0.05) is 11.8 Å². The number of hydrogen-bond acceptors (Lipinski definition) is 2. The van der Waals surface area contributed by atoms with E-state index in [4.69, 9.17) is 17.3 Å². The maximum absolute atomic E-state index is 11.5. The largest absolute Gasteiger partial charge is 0.366 e. The first-order valence-corrected chi connectivity index (χ1v) is 5.62. The Balaban J connectivity index is 2.77. The zero-order chi connectivity index (χ0) is 13.5. The topological polar surface area (TPSA) is 72.2 Å². The summed E-state index contributed by atoms with van der Waals surface area (Å²) in [6.45, 7) is 1.85. The predicted octanol–water partition coefficient (Wildman–Crippen LogP) is 2.51. The third kappa shape index (κ3) is 4.07. The molecular formula is C13H13ClN2O2. The first-order valence-electron chi connectivity index (χ1n) is 5.24. The molecule has 1 rings (SSSR count). The lowest BCUT2D eigenvalue weighted by Gasteiger charge is -2.05. The van der Waals surface area contributed by atoms with Crippen molar-refractivity contribution in [2.45, 2.75) is 6.92 Å². The zero-order valence-corrected chi connectivity index (χ0v) is 10.6. The molecular weight excluding hydrogens is 252 g/mol. The number of halogens is 1. The van der Waals surface area contributed by atoms with E-state index in [1.165, 1.54) is 18.2 Å². The maximum atomic E-state index is 11.5. The third-order valence-electron chi connectivity index (χ3n) is 2.05. The molecule has 0 heterocycles. The Labute approximate surface area is 110 Å². The molecule has 0 aliphatic heterocycles. The van der Waals surface area contributed by atoms with Gasteiger partial charge in [-0.05, 0) is 25.1 Å². The molecule has 1 aromatic carbocycles. The van der Waals surface area contributed by atoms with E-state index in [2.05, 4.69) is 5.32 Å². The van der Waals surface area contributed by atoms with Crippen LogP contribution in [0.1, 0.15) is 17.3 Å². The summed E-state index contributed by atoms with van der Waals surface area (Å²) < 4.78 is 0. The molecule has 0 saturated carbocycles. The van der Waals surface area contributed by atoms with E-state index >= 15 is 0 Å². The highest BCUT2D eigenvalue weighted by Gasteiger charge is 2.07. The van der Waals surface area contributed by atoms with Gasteiger partial charge in [-0.3, -0.25) is 9.59 Å². The number of anilines is 1. The molecule has 0 spiro atoms. The number of hydrogen-bond donors (Lipinski definition) is 2. The Hall–Kier alpha value is -2.07. The van der Waals surface area contributed by atoms with Crippen molar-refractivity contribution in [2.24, 2.45) is 5.73 Å². The summed E-state index contributed by atoms with van der Waals surface area (Å²) in [6.07, 6.45) is 6.55. The zero-order valence-electron chi connectivity index (χ0n) is 9.81. The highest BCUT2D eigenvalue weighted by atomic mass is 35.5. The summed E-state index contributed by atoms with van der Waals surface area (Å²) in [7, 11) is 0. The normalized spacial score (nSPS) is 11.0. The predicted molar refractivity (Wildman–Crippen MR) is 72.6 cm³/mol. The van der Waals surface area contributed by atoms with Crippen LogP contribution in [0.4, 0.5) is 5.69 Å². The standard InChI is InChI=1S/C13H13ClN2O2/c1-2-3-4-5-12(17)16-9-6-7-10(13(15)18)11(14)8-9/h2-8H,1H3,(H2,15,18)(H,16,17)/b3-2+,5-4+. The Morgan fingerprint density at radius 2 is 2.06 bits per heavy atom. The van der Waals surface area contributed by atoms with Gasteiger partial charge in [-0.15, -0.1) is 0 Å². The van der Waals surface area contributed by atoms with E-state index in [-0.39, 0.29) is 16.5 Å². The fourth-order valence-electron chi connectivity index (χ4n) is 1.23. The van der Waals surface area contributed by atoms with Crippen LogP contribution in [0.3, 0.4) is 0 Å². The smallest absolute Gasteiger partial charge is 0.250 e. The highest BCUT2D eigenvalue weighted by molar-refractivity contribution is 6.34. The van der Waals surface area contributed by atoms with Crippen LogP contribution in [0.25, 0.3) is 0 Å². The number of carbonyl (C=O) groups excluding carboxylic acids is 2. The quantitative estimate of drug-likeness (QED) is 0.648. The van der Waals surface area contributed by atoms with E-state index in [0.29, 0.717) is 5.69 Å². The minimum absolute atomic E-state index is 0.206. The number of carbonyl (C=O) groups is 2. The Morgan fingerprint density at radius 1 is 1.33 bits per heavy atom. The van der Waals surface area contributed by atoms with Gasteiger partial charge in [0.1, 0.15) is 0 Å². The van der Waals surface area contributed by atoms with Crippen molar-refractivity contribution < 1.29 is 9.59 Å². The molecule has 18 heavy (non-hydrogen) atoms. The van der Waals surface area contributed by atoms with Gasteiger partial charge in [0.15, 0.2) is 0 Å². The first kappa shape index (κ1) is 14.0. The molecule has 0 atom stereocenters. The van der Waals surface area contributed by atoms with Crippen LogP contribution in [0.15, 0.2) is 42.5 Å². The van der Waals surface area contributed by atoms with E-state index in [0.717, 1.165) is 0 Å². The Bertz CT molecular complexity index is 522. The number of nitrogens with two attached hydrogens (primary N) is 1. The molecule has 4 nitrogen and oxygen atoms in total. The maximum Gasteiger partial charge on any atom is 0.250 e. The first-order chi connectivity index (χ1) is 8.54. The van der Waals surface area contributed by atoms with Crippen molar-refractivity contribution in [3.8, 4) is 0 Å². The molecule has 1 aromatic rings. The molecule has 0 aliphatic carbocycles. The van der Waals surface area contributed by atoms with Gasteiger partial charge in [-0.2, -0.15) is 0 Å². The average molecular weight is 265 g/mol. The average Bonchev–Trinajstić information content (AvgIpc) is 2.28. The lowest BCUT2D eigenvalue weighted by Crippen LogP contribution is -2.12. The summed E-state index contributed by atoms with van der Waals surface area (Å²) in [5, 5.41) is 2.82. The van der Waals surface area contributed by atoms with Crippen LogP contribution in [0.5, 0.6) is 0 Å². The molecule has 0 radical (unpaired) electrons. The molecule has 0 fully saturated rings. The second-order valence-electron chi connectivity index (χ2n) is 3.43. The molecule has 0 aromatic heterocycles. The van der Waals surface area contributed by atoms with Gasteiger partial charge in [-0.25, -0.2) is 0 Å². The second-order valence-corrected chi connectivity index (χ2v) is 3.84. The van der Waals surface area contributed by atoms with Crippen molar-refractivity contribution >= 4 is 29.1 Å². The molecule has 94 valence electrons. The van der Waals surface area contributed by atoms with E-state index in [1.54, 1.807) is 18.2 Å². The monoisotopic (exact) mass is 264 g/mol. The van der Waals surface area contributed by atoms with Gasteiger partial charge in [-0.1, -0.05) is 29.8 Å². The summed E-state index contributed by atoms with van der Waals surface area (Å²) in [5.74, 6) is -0.887. The molecule has 0 saturated heterocycles. The van der Waals surface area contributed by atoms with Crippen LogP contribution in [-0.2, 0) is 4.79 Å². The minimum Gasteiger partial charge on any atom is -0.366 e. The summed E-state index contributed by atoms with van der Waals surface area (Å²) >= 11 is 5.85. The SMILES string of the molecule is C/C=C/C=C/C(=O)Nc1ccc(C(N)=O)c(Cl)c1. The number of benzene rings is 1. The lowest BCUT2D eigenvalue weighted by atomic mass is 10.2. The molecule has 0 unspecified atom stereocenters. The lowest BCUT2D eigenvalue weighted by molar-refractivity contribution is -0.111. The number of nitrogens with one attached hydrogen (secondary N) is 1. The molecule has 0 bridgehead atoms. The van der Waals surface area contributed by atoms with Crippen molar-refractivity contribution in [1.82, 2.24) is 0 Å². The van der Waals surface area contributed by atoms with Crippen LogP contribution >= 0.6 is 11.6 Å². The molecule has 2 amide bonds. The van der Waals surface area contributed by atoms with Gasteiger partial charge >= 0.3 is 0 Å². The van der Waals surface area contributed by atoms with Crippen molar-refractivity contribution in [3.63, 3.8) is 0 Å². The van der Waals surface area contributed by atoms with Gasteiger partial charge < -0.3 is 11.1 Å². The van der Waals surface area contributed by atoms with E-state index < -0.39 is 5.91 Å². The molecule has 0 aliphatic rings. The molecule has 5 heteroatoms. The summed E-state index contributed by atoms with van der Waals surface area (Å²) in [6, 6.07) is 4.51. The number of rotatable bonds is 4. The fraction of sp³-hybridized carbons (Fsp3) is 0.0769. The van der Waals surface area contributed by atoms with E-state index in [1.807, 2.05) is 13.0 Å². The molecule has 3 N–H and O–H groups in total. The Morgan fingerprint density at radius 3 is 2.61 bits per heavy atom. The summed E-state index contributed by atoms with van der Waals surface area (Å²) in [4.78, 5) is 22.4. The van der Waals surface area contributed by atoms with Crippen LogP contribution in [-0.4, -0.2) is 11.8 Å². The van der Waals surface area contributed by atoms with Crippen molar-refractivity contribution in [1.29, 1.82) is 0 Å². The second kappa shape index (κ2) is 6.61. The van der Waals surface area contributed by atoms with Gasteiger partial charge in [0.2, 0.25) is 11.8 Å². The third-order valence-corrected chi connectivity index (χ3v) is 2.37. The van der Waals surface area contributed by atoms with E-state index in [9.17, 15) is 9.59 Å². The number of allylic oxidation sites excluding steroid dienone is 3. The number of primary amides is 1. The number of amides is 2. The Kier molecular flexibility index (Phi) is 5.14. The van der Waals surface area contributed by atoms with Crippen LogP contribution in [0.2, 0.25) is 5.02 Å². The minimum atomic E-state index is -0.606. The summed E-state index contributed by atoms with van der Waals surface area (Å²) in [5.41, 5.74) is 5.84. The van der Waals surface area contributed by atoms with Gasteiger partial charge in [0.25, 0.3) is 0 Å². The highest BCUT2D eigenvalue weighted by Crippen LogP contribution is 2.20. The van der Waals surface area contributed by atoms with Gasteiger partial charge in [0.05, 0.1) is 10.6 Å². The van der Waals surface area contributed by atoms with Crippen molar-refractivity contribution in [3.05, 3.63) is 53.1 Å². The fourth-order valence-corrected chi connectivity index (χ4v) is 1.50.